The topological polar surface area (TPSA) is 58.2 Å². The Bertz CT molecular complexity index is 957. The summed E-state index contributed by atoms with van der Waals surface area (Å²) < 4.78 is 0.854. The lowest BCUT2D eigenvalue weighted by Crippen LogP contribution is -2.28. The molecular weight excluding hydrogens is 451 g/mol. The molecule has 2 amide bonds. The predicted molar refractivity (Wildman–Crippen MR) is 116 cm³/mol. The standard InChI is InChI=1S/C22H19IN2O2/c1-15(16-9-3-2-4-10-16)24-22(27)18-12-6-8-14-20(18)25-21(26)17-11-5-7-13-19(17)23/h2-15H,1H3,(H,24,27)(H,25,26)/t15-/m1/s1. The molecule has 5 heteroatoms. The summed E-state index contributed by atoms with van der Waals surface area (Å²) in [5, 5.41) is 5.84. The molecule has 0 saturated heterocycles. The van der Waals surface area contributed by atoms with Crippen LogP contribution in [0.25, 0.3) is 0 Å². The fraction of sp³-hybridized carbons (Fsp3) is 0.0909. The normalized spacial score (nSPS) is 11.5. The molecule has 0 aliphatic rings. The maximum atomic E-state index is 12.8. The number of carbonyl (C=O) groups is 2. The molecule has 27 heavy (non-hydrogen) atoms. The van der Waals surface area contributed by atoms with Crippen LogP contribution in [0.5, 0.6) is 0 Å². The number of para-hydroxylation sites is 1. The van der Waals surface area contributed by atoms with E-state index in [1.165, 1.54) is 0 Å². The monoisotopic (exact) mass is 470 g/mol. The first-order chi connectivity index (χ1) is 13.1. The van der Waals surface area contributed by atoms with Gasteiger partial charge in [0.15, 0.2) is 0 Å². The molecule has 0 unspecified atom stereocenters. The Labute approximate surface area is 172 Å². The Morgan fingerprint density at radius 3 is 2.07 bits per heavy atom. The summed E-state index contributed by atoms with van der Waals surface area (Å²) in [5.41, 5.74) is 2.51. The lowest BCUT2D eigenvalue weighted by Gasteiger charge is -2.16. The Hall–Kier alpha value is -2.67. The van der Waals surface area contributed by atoms with Gasteiger partial charge >= 0.3 is 0 Å². The predicted octanol–water partition coefficient (Wildman–Crippen LogP) is 5.03. The van der Waals surface area contributed by atoms with Crippen LogP contribution >= 0.6 is 22.6 Å². The van der Waals surface area contributed by atoms with Gasteiger partial charge in [-0.25, -0.2) is 0 Å². The summed E-state index contributed by atoms with van der Waals surface area (Å²) in [6, 6.07) is 24.0. The quantitative estimate of drug-likeness (QED) is 0.514. The molecule has 3 aromatic rings. The largest absolute Gasteiger partial charge is 0.345 e. The first-order valence-electron chi connectivity index (χ1n) is 8.57. The maximum Gasteiger partial charge on any atom is 0.256 e. The minimum Gasteiger partial charge on any atom is -0.345 e. The van der Waals surface area contributed by atoms with Crippen molar-refractivity contribution in [1.29, 1.82) is 0 Å². The SMILES string of the molecule is C[C@@H](NC(=O)c1ccccc1NC(=O)c1ccccc1I)c1ccccc1. The highest BCUT2D eigenvalue weighted by molar-refractivity contribution is 14.1. The van der Waals surface area contributed by atoms with Gasteiger partial charge in [0.25, 0.3) is 11.8 Å². The molecule has 4 nitrogen and oxygen atoms in total. The molecule has 0 radical (unpaired) electrons. The molecule has 3 aromatic carbocycles. The summed E-state index contributed by atoms with van der Waals surface area (Å²) in [4.78, 5) is 25.4. The summed E-state index contributed by atoms with van der Waals surface area (Å²) in [5.74, 6) is -0.471. The fourth-order valence-electron chi connectivity index (χ4n) is 2.72. The van der Waals surface area contributed by atoms with E-state index < -0.39 is 0 Å². The smallest absolute Gasteiger partial charge is 0.256 e. The van der Waals surface area contributed by atoms with E-state index in [4.69, 9.17) is 0 Å². The van der Waals surface area contributed by atoms with Crippen molar-refractivity contribution in [2.75, 3.05) is 5.32 Å². The van der Waals surface area contributed by atoms with Gasteiger partial charge in [-0.2, -0.15) is 0 Å². The lowest BCUT2D eigenvalue weighted by molar-refractivity contribution is 0.0941. The highest BCUT2D eigenvalue weighted by Crippen LogP contribution is 2.20. The van der Waals surface area contributed by atoms with Gasteiger partial charge < -0.3 is 10.6 Å². The summed E-state index contributed by atoms with van der Waals surface area (Å²) >= 11 is 2.12. The van der Waals surface area contributed by atoms with Crippen LogP contribution in [0.3, 0.4) is 0 Å². The number of benzene rings is 3. The van der Waals surface area contributed by atoms with E-state index in [2.05, 4.69) is 33.2 Å². The molecule has 2 N–H and O–H groups in total. The minimum atomic E-state index is -0.239. The number of rotatable bonds is 5. The van der Waals surface area contributed by atoms with Crippen molar-refractivity contribution in [2.24, 2.45) is 0 Å². The number of carbonyl (C=O) groups excluding carboxylic acids is 2. The molecule has 0 aromatic heterocycles. The maximum absolute atomic E-state index is 12.8. The number of hydrogen-bond acceptors (Lipinski definition) is 2. The van der Waals surface area contributed by atoms with Gasteiger partial charge in [0.05, 0.1) is 22.9 Å². The van der Waals surface area contributed by atoms with E-state index in [9.17, 15) is 9.59 Å². The van der Waals surface area contributed by atoms with Gasteiger partial charge in [0.2, 0.25) is 0 Å². The molecule has 0 bridgehead atoms. The van der Waals surface area contributed by atoms with Crippen molar-refractivity contribution in [2.45, 2.75) is 13.0 Å². The molecule has 0 aliphatic carbocycles. The third-order valence-corrected chi connectivity index (χ3v) is 5.13. The highest BCUT2D eigenvalue weighted by Gasteiger charge is 2.17. The average Bonchev–Trinajstić information content (AvgIpc) is 2.69. The van der Waals surface area contributed by atoms with Crippen molar-refractivity contribution in [3.63, 3.8) is 0 Å². The van der Waals surface area contributed by atoms with Gasteiger partial charge in [0, 0.05) is 3.57 Å². The molecule has 0 aliphatic heterocycles. The van der Waals surface area contributed by atoms with Gasteiger partial charge in [-0.15, -0.1) is 0 Å². The fourth-order valence-corrected chi connectivity index (χ4v) is 3.36. The molecule has 0 saturated carbocycles. The van der Waals surface area contributed by atoms with Gasteiger partial charge in [0.1, 0.15) is 0 Å². The van der Waals surface area contributed by atoms with Crippen molar-refractivity contribution in [3.8, 4) is 0 Å². The average molecular weight is 470 g/mol. The number of amides is 2. The van der Waals surface area contributed by atoms with E-state index in [-0.39, 0.29) is 17.9 Å². The second-order valence-electron chi connectivity index (χ2n) is 6.09. The first-order valence-corrected chi connectivity index (χ1v) is 9.65. The molecule has 136 valence electrons. The number of hydrogen-bond donors (Lipinski definition) is 2. The Morgan fingerprint density at radius 2 is 1.37 bits per heavy atom. The van der Waals surface area contributed by atoms with Crippen molar-refractivity contribution < 1.29 is 9.59 Å². The molecule has 3 rings (SSSR count). The van der Waals surface area contributed by atoms with Gasteiger partial charge in [-0.05, 0) is 59.3 Å². The zero-order chi connectivity index (χ0) is 19.2. The first kappa shape index (κ1) is 19.1. The second kappa shape index (κ2) is 8.81. The Balaban J connectivity index is 1.78. The highest BCUT2D eigenvalue weighted by atomic mass is 127. The van der Waals surface area contributed by atoms with Crippen LogP contribution in [0, 0.1) is 3.57 Å². The van der Waals surface area contributed by atoms with Gasteiger partial charge in [-0.1, -0.05) is 54.6 Å². The van der Waals surface area contributed by atoms with Crippen LogP contribution in [0.2, 0.25) is 0 Å². The zero-order valence-electron chi connectivity index (χ0n) is 14.8. The van der Waals surface area contributed by atoms with Crippen molar-refractivity contribution in [1.82, 2.24) is 5.32 Å². The molecule has 0 heterocycles. The van der Waals surface area contributed by atoms with E-state index >= 15 is 0 Å². The molecule has 0 spiro atoms. The van der Waals surface area contributed by atoms with Crippen LogP contribution in [0.15, 0.2) is 78.9 Å². The van der Waals surface area contributed by atoms with Crippen LogP contribution in [-0.2, 0) is 0 Å². The zero-order valence-corrected chi connectivity index (χ0v) is 16.9. The van der Waals surface area contributed by atoms with Gasteiger partial charge in [-0.3, -0.25) is 9.59 Å². The van der Waals surface area contributed by atoms with Crippen LogP contribution < -0.4 is 10.6 Å². The molecular formula is C22H19IN2O2. The third kappa shape index (κ3) is 4.74. The van der Waals surface area contributed by atoms with E-state index in [1.54, 1.807) is 30.3 Å². The third-order valence-electron chi connectivity index (χ3n) is 4.19. The van der Waals surface area contributed by atoms with E-state index in [0.29, 0.717) is 16.8 Å². The van der Waals surface area contributed by atoms with Crippen molar-refractivity contribution >= 4 is 40.1 Å². The lowest BCUT2D eigenvalue weighted by atomic mass is 10.1. The second-order valence-corrected chi connectivity index (χ2v) is 7.25. The summed E-state index contributed by atoms with van der Waals surface area (Å²) in [7, 11) is 0. The molecule has 1 atom stereocenters. The number of nitrogens with one attached hydrogen (secondary N) is 2. The van der Waals surface area contributed by atoms with Crippen LogP contribution in [0.1, 0.15) is 39.2 Å². The van der Waals surface area contributed by atoms with Crippen LogP contribution in [-0.4, -0.2) is 11.8 Å². The Morgan fingerprint density at radius 1 is 0.778 bits per heavy atom. The van der Waals surface area contributed by atoms with E-state index in [0.717, 1.165) is 9.13 Å². The van der Waals surface area contributed by atoms with E-state index in [1.807, 2.05) is 55.5 Å². The summed E-state index contributed by atoms with van der Waals surface area (Å²) in [6.07, 6.45) is 0. The molecule has 0 fully saturated rings. The number of halogens is 1. The summed E-state index contributed by atoms with van der Waals surface area (Å²) in [6.45, 7) is 1.93. The minimum absolute atomic E-state index is 0.141. The number of anilines is 1. The van der Waals surface area contributed by atoms with Crippen LogP contribution in [0.4, 0.5) is 5.69 Å². The van der Waals surface area contributed by atoms with Crippen molar-refractivity contribution in [3.05, 3.63) is 99.1 Å². The Kier molecular flexibility index (Phi) is 6.24.